The Balaban J connectivity index is 2.11. The molecule has 1 N–H and O–H groups in total. The molecule has 0 aliphatic rings. The Morgan fingerprint density at radius 3 is 2.31 bits per heavy atom. The highest BCUT2D eigenvalue weighted by Crippen LogP contribution is 2.41. The Morgan fingerprint density at radius 2 is 1.76 bits per heavy atom. The van der Waals surface area contributed by atoms with Crippen LogP contribution in [0.1, 0.15) is 41.7 Å². The molecule has 0 spiro atoms. The van der Waals surface area contributed by atoms with Crippen molar-refractivity contribution >= 4 is 39.6 Å². The fourth-order valence-corrected chi connectivity index (χ4v) is 5.00. The Hall–Kier alpha value is -2.71. The summed E-state index contributed by atoms with van der Waals surface area (Å²) in [5, 5.41) is 3.23. The summed E-state index contributed by atoms with van der Waals surface area (Å²) in [5.74, 6) is -0.931. The average molecular weight is 431 g/mol. The topological polar surface area (TPSA) is 77.4 Å². The van der Waals surface area contributed by atoms with Crippen LogP contribution in [0.25, 0.3) is 11.1 Å². The van der Waals surface area contributed by atoms with Gasteiger partial charge in [0.25, 0.3) is 5.91 Å². The summed E-state index contributed by atoms with van der Waals surface area (Å²) in [4.78, 5) is 38.3. The van der Waals surface area contributed by atoms with Crippen LogP contribution >= 0.6 is 22.7 Å². The zero-order valence-corrected chi connectivity index (χ0v) is 18.8. The Kier molecular flexibility index (Phi) is 5.77. The lowest BCUT2D eigenvalue weighted by atomic mass is 9.97. The molecule has 0 fully saturated rings. The second-order valence-electron chi connectivity index (χ2n) is 6.82. The van der Waals surface area contributed by atoms with Crippen molar-refractivity contribution in [3.63, 3.8) is 0 Å². The van der Waals surface area contributed by atoms with Gasteiger partial charge in [0, 0.05) is 23.2 Å². The van der Waals surface area contributed by atoms with Crippen LogP contribution in [-0.2, 0) is 11.8 Å². The van der Waals surface area contributed by atoms with Crippen molar-refractivity contribution in [2.45, 2.75) is 27.7 Å². The van der Waals surface area contributed by atoms with Gasteiger partial charge >= 0.3 is 10.8 Å². The van der Waals surface area contributed by atoms with Crippen LogP contribution in [0.4, 0.5) is 5.00 Å². The summed E-state index contributed by atoms with van der Waals surface area (Å²) < 4.78 is 6.44. The van der Waals surface area contributed by atoms with Gasteiger partial charge in [-0.2, -0.15) is 0 Å². The number of carbonyl (C=O) groups is 2. The number of benzene rings is 1. The number of esters is 1. The minimum absolute atomic E-state index is 0.209. The van der Waals surface area contributed by atoms with Gasteiger partial charge in [-0.25, -0.2) is 4.79 Å². The lowest BCUT2D eigenvalue weighted by Crippen LogP contribution is -2.14. The number of hydrogen-bond donors (Lipinski definition) is 1. The molecule has 152 valence electrons. The normalized spacial score (nSPS) is 10.8. The fraction of sp³-hybridized carbons (Fsp3) is 0.286. The maximum Gasteiger partial charge on any atom is 0.341 e. The summed E-state index contributed by atoms with van der Waals surface area (Å²) in [7, 11) is 2.94. The zero-order chi connectivity index (χ0) is 21.5. The second kappa shape index (κ2) is 7.96. The van der Waals surface area contributed by atoms with Crippen LogP contribution < -0.4 is 10.2 Å². The molecule has 1 amide bonds. The number of carbonyl (C=O) groups excluding carboxylic acids is 2. The van der Waals surface area contributed by atoms with E-state index in [-0.39, 0.29) is 4.87 Å². The molecule has 2 heterocycles. The van der Waals surface area contributed by atoms with Crippen molar-refractivity contribution in [2.75, 3.05) is 12.4 Å². The van der Waals surface area contributed by atoms with Crippen LogP contribution in [0.2, 0.25) is 0 Å². The van der Waals surface area contributed by atoms with E-state index in [1.54, 1.807) is 14.0 Å². The number of anilines is 1. The van der Waals surface area contributed by atoms with Gasteiger partial charge in [-0.15, -0.1) is 11.3 Å². The average Bonchev–Trinajstić information content (AvgIpc) is 3.14. The lowest BCUT2D eigenvalue weighted by molar-refractivity contribution is 0.0603. The first kappa shape index (κ1) is 21.0. The highest BCUT2D eigenvalue weighted by Gasteiger charge is 2.26. The smallest absolute Gasteiger partial charge is 0.341 e. The Bertz CT molecular complexity index is 1180. The van der Waals surface area contributed by atoms with Crippen LogP contribution in [-0.4, -0.2) is 23.6 Å². The zero-order valence-electron chi connectivity index (χ0n) is 17.1. The minimum atomic E-state index is -0.518. The molecule has 3 rings (SSSR count). The number of rotatable bonds is 4. The molecule has 0 aliphatic heterocycles. The van der Waals surface area contributed by atoms with Crippen molar-refractivity contribution in [3.8, 4) is 11.1 Å². The van der Waals surface area contributed by atoms with E-state index in [1.807, 2.05) is 39.0 Å². The molecule has 3 aromatic rings. The molecule has 29 heavy (non-hydrogen) atoms. The van der Waals surface area contributed by atoms with E-state index in [4.69, 9.17) is 4.74 Å². The van der Waals surface area contributed by atoms with Crippen molar-refractivity contribution in [1.82, 2.24) is 4.57 Å². The summed E-state index contributed by atoms with van der Waals surface area (Å²) in [6.07, 6.45) is 0. The maximum absolute atomic E-state index is 12.8. The maximum atomic E-state index is 12.8. The lowest BCUT2D eigenvalue weighted by Gasteiger charge is -2.09. The molecule has 0 saturated carbocycles. The van der Waals surface area contributed by atoms with Crippen molar-refractivity contribution in [3.05, 3.63) is 60.0 Å². The second-order valence-corrected chi connectivity index (χ2v) is 9.01. The first-order chi connectivity index (χ1) is 13.6. The third kappa shape index (κ3) is 3.77. The molecule has 1 aromatic carbocycles. The van der Waals surface area contributed by atoms with Gasteiger partial charge in [-0.05, 0) is 44.4 Å². The number of aromatic nitrogens is 1. The fourth-order valence-electron chi connectivity index (χ4n) is 3.06. The Labute approximate surface area is 176 Å². The van der Waals surface area contributed by atoms with Gasteiger partial charge in [0.05, 0.1) is 7.11 Å². The van der Waals surface area contributed by atoms with Gasteiger partial charge in [-0.1, -0.05) is 29.5 Å². The number of aryl methyl sites for hydroxylation is 3. The molecule has 2 aromatic heterocycles. The predicted octanol–water partition coefficient (Wildman–Crippen LogP) is 4.45. The highest BCUT2D eigenvalue weighted by atomic mass is 32.1. The van der Waals surface area contributed by atoms with Gasteiger partial charge < -0.3 is 14.6 Å². The monoisotopic (exact) mass is 430 g/mol. The van der Waals surface area contributed by atoms with Gasteiger partial charge in [-0.3, -0.25) is 9.59 Å². The highest BCUT2D eigenvalue weighted by molar-refractivity contribution is 7.17. The number of hydrogen-bond acceptors (Lipinski definition) is 6. The Morgan fingerprint density at radius 1 is 1.07 bits per heavy atom. The standard InChI is InChI=1S/C21H22N2O4S2/c1-10-7-8-14(9-11(10)2)15-13(4)28-19(16(15)20(25)27-6)22-18(24)17-12(3)23(5)21(26)29-17/h7-9H,1-6H3,(H,22,24). The first-order valence-corrected chi connectivity index (χ1v) is 10.6. The molecule has 0 saturated heterocycles. The minimum Gasteiger partial charge on any atom is -0.465 e. The SMILES string of the molecule is COC(=O)c1c(NC(=O)c2sc(=O)n(C)c2C)sc(C)c1-c1ccc(C)c(C)c1. The van der Waals surface area contributed by atoms with Crippen molar-refractivity contribution in [1.29, 1.82) is 0 Å². The van der Waals surface area contributed by atoms with E-state index in [0.29, 0.717) is 21.1 Å². The third-order valence-corrected chi connectivity index (χ3v) is 7.15. The summed E-state index contributed by atoms with van der Waals surface area (Å²) >= 11 is 2.20. The van der Waals surface area contributed by atoms with Crippen LogP contribution in [0.15, 0.2) is 23.0 Å². The van der Waals surface area contributed by atoms with Crippen LogP contribution in [0.5, 0.6) is 0 Å². The number of methoxy groups -OCH3 is 1. The molecular weight excluding hydrogens is 408 g/mol. The molecule has 0 unspecified atom stereocenters. The van der Waals surface area contributed by atoms with E-state index in [2.05, 4.69) is 5.32 Å². The number of thiophene rings is 1. The van der Waals surface area contributed by atoms with Gasteiger partial charge in [0.1, 0.15) is 15.4 Å². The number of amides is 1. The number of nitrogens with one attached hydrogen (secondary N) is 1. The van der Waals surface area contributed by atoms with E-state index in [0.717, 1.165) is 38.5 Å². The predicted molar refractivity (Wildman–Crippen MR) is 118 cm³/mol. The van der Waals surface area contributed by atoms with E-state index in [9.17, 15) is 14.4 Å². The molecular formula is C21H22N2O4S2. The largest absolute Gasteiger partial charge is 0.465 e. The molecule has 0 atom stereocenters. The summed E-state index contributed by atoms with van der Waals surface area (Å²) in [5.41, 5.74) is 4.82. The van der Waals surface area contributed by atoms with Gasteiger partial charge in [0.2, 0.25) is 0 Å². The van der Waals surface area contributed by atoms with Gasteiger partial charge in [0.15, 0.2) is 0 Å². The number of thiazole rings is 1. The van der Waals surface area contributed by atoms with Crippen LogP contribution in [0.3, 0.4) is 0 Å². The van der Waals surface area contributed by atoms with E-state index in [1.165, 1.54) is 23.0 Å². The summed E-state index contributed by atoms with van der Waals surface area (Å²) in [6.45, 7) is 7.67. The van der Waals surface area contributed by atoms with Crippen molar-refractivity contribution < 1.29 is 14.3 Å². The molecule has 8 heteroatoms. The van der Waals surface area contributed by atoms with Crippen LogP contribution in [0, 0.1) is 27.7 Å². The third-order valence-electron chi connectivity index (χ3n) is 5.00. The number of ether oxygens (including phenoxy) is 1. The summed E-state index contributed by atoms with van der Waals surface area (Å²) in [6, 6.07) is 5.99. The quantitative estimate of drug-likeness (QED) is 0.621. The molecule has 0 bridgehead atoms. The first-order valence-electron chi connectivity index (χ1n) is 8.92. The molecule has 0 radical (unpaired) electrons. The number of nitrogens with zero attached hydrogens (tertiary/aromatic N) is 1. The molecule has 0 aliphatic carbocycles. The van der Waals surface area contributed by atoms with E-state index >= 15 is 0 Å². The van der Waals surface area contributed by atoms with Crippen molar-refractivity contribution in [2.24, 2.45) is 7.05 Å². The molecule has 6 nitrogen and oxygen atoms in total. The van der Waals surface area contributed by atoms with E-state index < -0.39 is 11.9 Å².